The molecule has 1 heterocycles. The SMILES string of the molecule is CCN1C(=O)C(=Cc2ccc(Sc3ccc(C)cc3)c([N+](=O)[O-])c2)SC1=S. The van der Waals surface area contributed by atoms with Gasteiger partial charge in [-0.3, -0.25) is 19.8 Å². The summed E-state index contributed by atoms with van der Waals surface area (Å²) in [5, 5.41) is 11.5. The van der Waals surface area contributed by atoms with Crippen LogP contribution in [0.2, 0.25) is 0 Å². The van der Waals surface area contributed by atoms with Crippen LogP contribution in [-0.2, 0) is 4.79 Å². The summed E-state index contributed by atoms with van der Waals surface area (Å²) in [4.78, 5) is 26.9. The Labute approximate surface area is 171 Å². The number of hydrogen-bond acceptors (Lipinski definition) is 6. The van der Waals surface area contributed by atoms with Gasteiger partial charge in [0.2, 0.25) is 0 Å². The normalized spacial score (nSPS) is 15.6. The molecule has 3 rings (SSSR count). The van der Waals surface area contributed by atoms with Gasteiger partial charge < -0.3 is 0 Å². The van der Waals surface area contributed by atoms with Gasteiger partial charge in [0.15, 0.2) is 0 Å². The van der Waals surface area contributed by atoms with E-state index in [-0.39, 0.29) is 11.6 Å². The number of aryl methyl sites for hydroxylation is 1. The molecule has 1 fully saturated rings. The molecule has 0 aromatic heterocycles. The fraction of sp³-hybridized carbons (Fsp3) is 0.158. The summed E-state index contributed by atoms with van der Waals surface area (Å²) in [5.74, 6) is -0.159. The second-order valence-corrected chi connectivity index (χ2v) is 8.62. The molecule has 0 bridgehead atoms. The zero-order chi connectivity index (χ0) is 19.6. The van der Waals surface area contributed by atoms with E-state index >= 15 is 0 Å². The summed E-state index contributed by atoms with van der Waals surface area (Å²) >= 11 is 7.76. The summed E-state index contributed by atoms with van der Waals surface area (Å²) in [6, 6.07) is 12.8. The lowest BCUT2D eigenvalue weighted by Crippen LogP contribution is -2.27. The van der Waals surface area contributed by atoms with Gasteiger partial charge in [-0.2, -0.15) is 0 Å². The molecule has 27 heavy (non-hydrogen) atoms. The molecule has 0 N–H and O–H groups in total. The first-order valence-corrected chi connectivity index (χ1v) is 10.2. The molecule has 2 aromatic carbocycles. The van der Waals surface area contributed by atoms with Gasteiger partial charge in [-0.05, 0) is 43.7 Å². The lowest BCUT2D eigenvalue weighted by atomic mass is 10.2. The maximum atomic E-state index is 12.3. The molecule has 1 amide bonds. The third-order valence-corrected chi connectivity index (χ3v) is 6.37. The minimum atomic E-state index is -0.398. The zero-order valence-corrected chi connectivity index (χ0v) is 17.1. The number of benzene rings is 2. The number of nitro groups is 1. The second-order valence-electron chi connectivity index (χ2n) is 5.83. The van der Waals surface area contributed by atoms with Gasteiger partial charge in [0, 0.05) is 17.5 Å². The van der Waals surface area contributed by atoms with Crippen molar-refractivity contribution in [2.75, 3.05) is 6.54 Å². The quantitative estimate of drug-likeness (QED) is 0.286. The molecule has 8 heteroatoms. The highest BCUT2D eigenvalue weighted by Gasteiger charge is 2.30. The number of carbonyl (C=O) groups excluding carboxylic acids is 1. The number of rotatable bonds is 5. The van der Waals surface area contributed by atoms with Crippen LogP contribution in [0.4, 0.5) is 5.69 Å². The lowest BCUT2D eigenvalue weighted by Gasteiger charge is -2.09. The van der Waals surface area contributed by atoms with Crippen LogP contribution in [0.5, 0.6) is 0 Å². The average Bonchev–Trinajstić information content (AvgIpc) is 2.90. The molecule has 0 radical (unpaired) electrons. The highest BCUT2D eigenvalue weighted by molar-refractivity contribution is 8.26. The van der Waals surface area contributed by atoms with Gasteiger partial charge in [0.25, 0.3) is 11.6 Å². The Kier molecular flexibility index (Phi) is 5.98. The molecular formula is C19H16N2O3S3. The van der Waals surface area contributed by atoms with Crippen LogP contribution in [0, 0.1) is 17.0 Å². The Balaban J connectivity index is 1.91. The molecule has 5 nitrogen and oxygen atoms in total. The van der Waals surface area contributed by atoms with Gasteiger partial charge in [0.05, 0.1) is 14.7 Å². The van der Waals surface area contributed by atoms with Gasteiger partial charge in [-0.25, -0.2) is 0 Å². The van der Waals surface area contributed by atoms with E-state index in [4.69, 9.17) is 12.2 Å². The number of hydrogen-bond donors (Lipinski definition) is 0. The van der Waals surface area contributed by atoms with Crippen LogP contribution >= 0.6 is 35.7 Å². The van der Waals surface area contributed by atoms with Gasteiger partial charge in [0.1, 0.15) is 4.32 Å². The number of likely N-dealkylation sites (N-methyl/N-ethyl adjacent to an activating group) is 1. The number of thioether (sulfide) groups is 1. The summed E-state index contributed by atoms with van der Waals surface area (Å²) < 4.78 is 0.509. The third-order valence-electron chi connectivity index (χ3n) is 3.92. The van der Waals surface area contributed by atoms with Crippen LogP contribution in [0.15, 0.2) is 57.2 Å². The van der Waals surface area contributed by atoms with E-state index in [9.17, 15) is 14.9 Å². The number of amides is 1. The molecule has 0 atom stereocenters. The summed E-state index contributed by atoms with van der Waals surface area (Å²) in [6.45, 7) is 4.36. The number of carbonyl (C=O) groups is 1. The minimum absolute atomic E-state index is 0.0142. The first-order valence-electron chi connectivity index (χ1n) is 8.17. The molecule has 2 aromatic rings. The first kappa shape index (κ1) is 19.6. The predicted octanol–water partition coefficient (Wildman–Crippen LogP) is 5.28. The maximum absolute atomic E-state index is 12.3. The van der Waals surface area contributed by atoms with Crippen LogP contribution in [0.1, 0.15) is 18.1 Å². The van der Waals surface area contributed by atoms with E-state index in [1.807, 2.05) is 38.1 Å². The Hall–Kier alpha value is -2.16. The molecule has 1 aliphatic rings. The Bertz CT molecular complexity index is 955. The summed E-state index contributed by atoms with van der Waals surface area (Å²) in [7, 11) is 0. The van der Waals surface area contributed by atoms with E-state index in [2.05, 4.69) is 0 Å². The summed E-state index contributed by atoms with van der Waals surface area (Å²) in [6.07, 6.45) is 1.66. The summed E-state index contributed by atoms with van der Waals surface area (Å²) in [5.41, 5.74) is 1.75. The highest BCUT2D eigenvalue weighted by atomic mass is 32.2. The fourth-order valence-electron chi connectivity index (χ4n) is 2.51. The molecule has 0 aliphatic carbocycles. The molecule has 1 aliphatic heterocycles. The van der Waals surface area contributed by atoms with E-state index in [0.717, 1.165) is 10.5 Å². The van der Waals surface area contributed by atoms with Crippen molar-refractivity contribution in [3.8, 4) is 0 Å². The van der Waals surface area contributed by atoms with E-state index in [1.54, 1.807) is 18.2 Å². The Morgan fingerprint density at radius 1 is 1.26 bits per heavy atom. The first-order chi connectivity index (χ1) is 12.9. The van der Waals surface area contributed by atoms with Crippen molar-refractivity contribution in [1.82, 2.24) is 4.90 Å². The number of nitrogens with zero attached hydrogens (tertiary/aromatic N) is 2. The molecule has 138 valence electrons. The topological polar surface area (TPSA) is 63.5 Å². The van der Waals surface area contributed by atoms with Crippen molar-refractivity contribution in [3.05, 3.63) is 68.6 Å². The predicted molar refractivity (Wildman–Crippen MR) is 114 cm³/mol. The monoisotopic (exact) mass is 416 g/mol. The van der Waals surface area contributed by atoms with Crippen LogP contribution < -0.4 is 0 Å². The van der Waals surface area contributed by atoms with Gasteiger partial charge in [-0.1, -0.05) is 59.5 Å². The van der Waals surface area contributed by atoms with Crippen molar-refractivity contribution in [2.45, 2.75) is 23.6 Å². The second kappa shape index (κ2) is 8.24. The Morgan fingerprint density at radius 2 is 1.96 bits per heavy atom. The van der Waals surface area contributed by atoms with Crippen molar-refractivity contribution in [2.24, 2.45) is 0 Å². The average molecular weight is 417 g/mol. The molecule has 0 unspecified atom stereocenters. The van der Waals surface area contributed by atoms with E-state index < -0.39 is 4.92 Å². The van der Waals surface area contributed by atoms with Crippen LogP contribution in [0.25, 0.3) is 6.08 Å². The van der Waals surface area contributed by atoms with Crippen molar-refractivity contribution in [3.63, 3.8) is 0 Å². The van der Waals surface area contributed by atoms with E-state index in [0.29, 0.717) is 26.2 Å². The molecular weight excluding hydrogens is 400 g/mol. The number of nitro benzene ring substituents is 1. The zero-order valence-electron chi connectivity index (χ0n) is 14.7. The molecule has 1 saturated heterocycles. The molecule has 0 saturated carbocycles. The smallest absolute Gasteiger partial charge is 0.283 e. The molecule has 0 spiro atoms. The standard InChI is InChI=1S/C19H16N2O3S3/c1-3-20-18(22)17(27-19(20)25)11-13-6-9-16(15(10-13)21(23)24)26-14-7-4-12(2)5-8-14/h4-11H,3H2,1-2H3. The fourth-order valence-corrected chi connectivity index (χ4v) is 4.79. The van der Waals surface area contributed by atoms with Gasteiger partial charge in [-0.15, -0.1) is 0 Å². The largest absolute Gasteiger partial charge is 0.293 e. The van der Waals surface area contributed by atoms with E-state index in [1.165, 1.54) is 34.5 Å². The minimum Gasteiger partial charge on any atom is -0.293 e. The van der Waals surface area contributed by atoms with Crippen molar-refractivity contribution in [1.29, 1.82) is 0 Å². The lowest BCUT2D eigenvalue weighted by molar-refractivity contribution is -0.387. The highest BCUT2D eigenvalue weighted by Crippen LogP contribution is 2.37. The third kappa shape index (κ3) is 4.40. The number of thiocarbonyl (C=S) groups is 1. The maximum Gasteiger partial charge on any atom is 0.283 e. The van der Waals surface area contributed by atoms with Crippen LogP contribution in [0.3, 0.4) is 0 Å². The van der Waals surface area contributed by atoms with Crippen molar-refractivity contribution < 1.29 is 9.72 Å². The van der Waals surface area contributed by atoms with Gasteiger partial charge >= 0.3 is 0 Å². The van der Waals surface area contributed by atoms with Crippen molar-refractivity contribution >= 4 is 57.7 Å². The van der Waals surface area contributed by atoms with Crippen LogP contribution in [-0.4, -0.2) is 26.6 Å². The Morgan fingerprint density at radius 3 is 2.56 bits per heavy atom.